The normalized spacial score (nSPS) is 16.8. The van der Waals surface area contributed by atoms with Crippen LogP contribution >= 0.6 is 0 Å². The maximum atomic E-state index is 13.0. The molecule has 2 aliphatic rings. The Morgan fingerprint density at radius 1 is 1.00 bits per heavy atom. The maximum absolute atomic E-state index is 13.0. The molecule has 31 heavy (non-hydrogen) atoms. The third kappa shape index (κ3) is 4.55. The zero-order valence-electron chi connectivity index (χ0n) is 18.0. The number of likely N-dealkylation sites (tertiary alicyclic amines) is 1. The summed E-state index contributed by atoms with van der Waals surface area (Å²) >= 11 is 0. The van der Waals surface area contributed by atoms with Crippen molar-refractivity contribution in [2.45, 2.75) is 26.7 Å². The molecule has 0 aliphatic carbocycles. The Balaban J connectivity index is 1.52. The van der Waals surface area contributed by atoms with Gasteiger partial charge in [0.05, 0.1) is 11.4 Å². The Kier molecular flexibility index (Phi) is 5.93. The van der Waals surface area contributed by atoms with Crippen LogP contribution in [0.5, 0.6) is 0 Å². The molecule has 1 fully saturated rings. The second kappa shape index (κ2) is 8.79. The molecule has 162 valence electrons. The largest absolute Gasteiger partial charge is 0.341 e. The average Bonchev–Trinajstić information content (AvgIpc) is 2.77. The summed E-state index contributed by atoms with van der Waals surface area (Å²) < 4.78 is 0. The van der Waals surface area contributed by atoms with Crippen molar-refractivity contribution < 1.29 is 14.4 Å². The van der Waals surface area contributed by atoms with Gasteiger partial charge in [0.25, 0.3) is 0 Å². The molecule has 0 unspecified atom stereocenters. The van der Waals surface area contributed by atoms with Crippen molar-refractivity contribution in [2.24, 2.45) is 5.92 Å². The summed E-state index contributed by atoms with van der Waals surface area (Å²) in [6, 6.07) is 14.3. The van der Waals surface area contributed by atoms with E-state index in [4.69, 9.17) is 0 Å². The molecule has 2 heterocycles. The summed E-state index contributed by atoms with van der Waals surface area (Å²) in [5, 5.41) is 2.85. The smallest absolute Gasteiger partial charge is 0.326 e. The average molecular weight is 421 g/mol. The minimum Gasteiger partial charge on any atom is -0.341 e. The van der Waals surface area contributed by atoms with E-state index >= 15 is 0 Å². The van der Waals surface area contributed by atoms with Crippen LogP contribution in [0.2, 0.25) is 0 Å². The highest BCUT2D eigenvalue weighted by Gasteiger charge is 2.34. The van der Waals surface area contributed by atoms with Gasteiger partial charge in [-0.15, -0.1) is 0 Å². The lowest BCUT2D eigenvalue weighted by molar-refractivity contribution is -0.132. The van der Waals surface area contributed by atoms with E-state index in [9.17, 15) is 14.4 Å². The fraction of sp³-hybridized carbons (Fsp3) is 0.375. The van der Waals surface area contributed by atoms with Crippen LogP contribution in [0.4, 0.5) is 21.9 Å². The number of aryl methyl sites for hydroxylation is 1. The number of hydrogen-bond acceptors (Lipinski definition) is 3. The Hall–Kier alpha value is -3.35. The van der Waals surface area contributed by atoms with Gasteiger partial charge in [0.15, 0.2) is 0 Å². The molecule has 2 aromatic rings. The molecule has 0 bridgehead atoms. The summed E-state index contributed by atoms with van der Waals surface area (Å²) in [5.41, 5.74) is 2.96. The Morgan fingerprint density at radius 2 is 1.65 bits per heavy atom. The van der Waals surface area contributed by atoms with Gasteiger partial charge in [-0.2, -0.15) is 0 Å². The van der Waals surface area contributed by atoms with Crippen molar-refractivity contribution in [3.8, 4) is 0 Å². The number of piperidine rings is 1. The van der Waals surface area contributed by atoms with Crippen molar-refractivity contribution in [2.75, 3.05) is 41.3 Å². The molecule has 7 nitrogen and oxygen atoms in total. The van der Waals surface area contributed by atoms with Crippen LogP contribution in [-0.2, 0) is 9.59 Å². The zero-order chi connectivity index (χ0) is 22.0. The van der Waals surface area contributed by atoms with Crippen molar-refractivity contribution in [1.82, 2.24) is 4.90 Å². The van der Waals surface area contributed by atoms with Crippen molar-refractivity contribution in [1.29, 1.82) is 0 Å². The molecule has 0 atom stereocenters. The summed E-state index contributed by atoms with van der Waals surface area (Å²) in [5.74, 6) is 0.311. The minimum atomic E-state index is -0.374. The SMILES string of the molecule is Cc1ccc(NC(=O)N2CC(=O)N(CC(=O)N3CCC(C)CC3)c3ccccc32)cc1. The first-order valence-corrected chi connectivity index (χ1v) is 10.7. The number of rotatable bonds is 3. The number of nitrogens with zero attached hydrogens (tertiary/aromatic N) is 3. The monoisotopic (exact) mass is 420 g/mol. The van der Waals surface area contributed by atoms with Gasteiger partial charge in [0.1, 0.15) is 13.1 Å². The molecule has 4 amide bonds. The highest BCUT2D eigenvalue weighted by atomic mass is 16.2. The standard InChI is InChI=1S/C24H28N4O3/c1-17-7-9-19(10-8-17)25-24(31)28-16-23(30)27(20-5-3-4-6-21(20)28)15-22(29)26-13-11-18(2)12-14-26/h3-10,18H,11-16H2,1-2H3,(H,25,31). The number of fused-ring (bicyclic) bond motifs is 1. The van der Waals surface area contributed by atoms with Crippen LogP contribution in [0, 0.1) is 12.8 Å². The van der Waals surface area contributed by atoms with Crippen LogP contribution in [-0.4, -0.2) is 48.9 Å². The van der Waals surface area contributed by atoms with Gasteiger partial charge in [-0.05, 0) is 49.9 Å². The molecule has 4 rings (SSSR count). The Labute approximate surface area is 182 Å². The molecule has 0 radical (unpaired) electrons. The van der Waals surface area contributed by atoms with E-state index in [1.807, 2.05) is 48.2 Å². The molecule has 0 saturated carbocycles. The number of benzene rings is 2. The summed E-state index contributed by atoms with van der Waals surface area (Å²) in [6.07, 6.45) is 1.98. The van der Waals surface area contributed by atoms with Crippen LogP contribution in [0.25, 0.3) is 0 Å². The first kappa shape index (κ1) is 20.9. The maximum Gasteiger partial charge on any atom is 0.326 e. The number of amides is 4. The Morgan fingerprint density at radius 3 is 2.32 bits per heavy atom. The fourth-order valence-electron chi connectivity index (χ4n) is 4.04. The van der Waals surface area contributed by atoms with E-state index in [1.165, 1.54) is 9.80 Å². The number of anilines is 3. The van der Waals surface area contributed by atoms with Crippen LogP contribution in [0.15, 0.2) is 48.5 Å². The van der Waals surface area contributed by atoms with E-state index in [0.29, 0.717) is 23.0 Å². The van der Waals surface area contributed by atoms with Crippen molar-refractivity contribution >= 4 is 34.9 Å². The molecule has 1 N–H and O–H groups in total. The van der Waals surface area contributed by atoms with Gasteiger partial charge in [0, 0.05) is 18.8 Å². The van der Waals surface area contributed by atoms with E-state index in [0.717, 1.165) is 31.5 Å². The lowest BCUT2D eigenvalue weighted by atomic mass is 9.99. The lowest BCUT2D eigenvalue weighted by Crippen LogP contribution is -2.53. The summed E-state index contributed by atoms with van der Waals surface area (Å²) in [4.78, 5) is 43.5. The highest BCUT2D eigenvalue weighted by Crippen LogP contribution is 2.34. The lowest BCUT2D eigenvalue weighted by Gasteiger charge is -2.37. The van der Waals surface area contributed by atoms with E-state index in [2.05, 4.69) is 12.2 Å². The molecular weight excluding hydrogens is 392 g/mol. The van der Waals surface area contributed by atoms with Crippen LogP contribution in [0.1, 0.15) is 25.3 Å². The zero-order valence-corrected chi connectivity index (χ0v) is 18.0. The van der Waals surface area contributed by atoms with E-state index < -0.39 is 0 Å². The number of urea groups is 1. The first-order valence-electron chi connectivity index (χ1n) is 10.7. The molecule has 2 aliphatic heterocycles. The van der Waals surface area contributed by atoms with Gasteiger partial charge >= 0.3 is 6.03 Å². The number of hydrogen-bond donors (Lipinski definition) is 1. The molecule has 0 spiro atoms. The van der Waals surface area contributed by atoms with Gasteiger partial charge in [-0.3, -0.25) is 19.4 Å². The minimum absolute atomic E-state index is 0.00233. The third-order valence-electron chi connectivity index (χ3n) is 6.04. The van der Waals surface area contributed by atoms with Crippen molar-refractivity contribution in [3.05, 3.63) is 54.1 Å². The molecule has 0 aromatic heterocycles. The summed E-state index contributed by atoms with van der Waals surface area (Å²) in [7, 11) is 0. The van der Waals surface area contributed by atoms with Crippen LogP contribution < -0.4 is 15.1 Å². The number of carbonyl (C=O) groups is 3. The quantitative estimate of drug-likeness (QED) is 0.824. The van der Waals surface area contributed by atoms with Gasteiger partial charge in [-0.1, -0.05) is 36.8 Å². The molecule has 2 aromatic carbocycles. The second-order valence-electron chi connectivity index (χ2n) is 8.41. The number of nitrogens with one attached hydrogen (secondary N) is 1. The molecule has 1 saturated heterocycles. The third-order valence-corrected chi connectivity index (χ3v) is 6.04. The van der Waals surface area contributed by atoms with E-state index in [-0.39, 0.29) is 30.9 Å². The van der Waals surface area contributed by atoms with Gasteiger partial charge in [0.2, 0.25) is 11.8 Å². The first-order chi connectivity index (χ1) is 14.9. The van der Waals surface area contributed by atoms with Gasteiger partial charge < -0.3 is 10.2 Å². The predicted octanol–water partition coefficient (Wildman–Crippen LogP) is 3.64. The molecular formula is C24H28N4O3. The second-order valence-corrected chi connectivity index (χ2v) is 8.41. The summed E-state index contributed by atoms with van der Waals surface area (Å²) in [6.45, 7) is 5.52. The number of para-hydroxylation sites is 2. The topological polar surface area (TPSA) is 73.0 Å². The number of carbonyl (C=O) groups excluding carboxylic acids is 3. The predicted molar refractivity (Wildman–Crippen MR) is 121 cm³/mol. The van der Waals surface area contributed by atoms with Gasteiger partial charge in [-0.25, -0.2) is 4.79 Å². The highest BCUT2D eigenvalue weighted by molar-refractivity contribution is 6.15. The van der Waals surface area contributed by atoms with E-state index in [1.54, 1.807) is 12.1 Å². The fourth-order valence-corrected chi connectivity index (χ4v) is 4.04. The Bertz CT molecular complexity index is 981. The molecule has 7 heteroatoms. The van der Waals surface area contributed by atoms with Crippen molar-refractivity contribution in [3.63, 3.8) is 0 Å². The van der Waals surface area contributed by atoms with Crippen LogP contribution in [0.3, 0.4) is 0 Å².